The molecular weight excluding hydrogens is 368 g/mol. The Kier molecular flexibility index (Phi) is 5.03. The molecule has 1 amide bonds. The topological polar surface area (TPSA) is 86.1 Å². The third-order valence-corrected chi connectivity index (χ3v) is 4.38. The molecule has 0 saturated heterocycles. The molecule has 1 N–H and O–H groups in total. The lowest BCUT2D eigenvalue weighted by Gasteiger charge is -2.11. The quantitative estimate of drug-likeness (QED) is 0.563. The fourth-order valence-electron chi connectivity index (χ4n) is 2.96. The molecule has 2 aromatic carbocycles. The largest absolute Gasteiger partial charge is 0.457 e. The van der Waals surface area contributed by atoms with Crippen molar-refractivity contribution in [2.24, 2.45) is 0 Å². The van der Waals surface area contributed by atoms with Crippen molar-refractivity contribution in [3.8, 4) is 11.5 Å². The van der Waals surface area contributed by atoms with Crippen LogP contribution < -0.4 is 15.6 Å². The highest BCUT2D eigenvalue weighted by atomic mass is 16.5. The molecule has 2 aromatic heterocycles. The second kappa shape index (κ2) is 7.93. The van der Waals surface area contributed by atoms with Crippen molar-refractivity contribution in [1.82, 2.24) is 14.8 Å². The molecular formula is C22H18N4O3. The number of carbonyl (C=O) groups is 1. The number of anilines is 1. The van der Waals surface area contributed by atoms with Gasteiger partial charge in [-0.1, -0.05) is 18.2 Å². The Morgan fingerprint density at radius 2 is 1.62 bits per heavy atom. The van der Waals surface area contributed by atoms with Gasteiger partial charge in [-0.3, -0.25) is 14.6 Å². The van der Waals surface area contributed by atoms with E-state index in [0.29, 0.717) is 34.5 Å². The first kappa shape index (κ1) is 18.4. The number of hydrogen-bond acceptors (Lipinski definition) is 5. The van der Waals surface area contributed by atoms with E-state index in [2.05, 4.69) is 15.4 Å². The molecule has 7 nitrogen and oxygen atoms in total. The van der Waals surface area contributed by atoms with Crippen LogP contribution in [0, 0.1) is 0 Å². The molecule has 4 aromatic rings. The van der Waals surface area contributed by atoms with Crippen LogP contribution in [0.3, 0.4) is 0 Å². The third kappa shape index (κ3) is 3.84. The van der Waals surface area contributed by atoms with Crippen LogP contribution in [0.4, 0.5) is 5.69 Å². The van der Waals surface area contributed by atoms with Crippen molar-refractivity contribution in [3.63, 3.8) is 0 Å². The van der Waals surface area contributed by atoms with Crippen molar-refractivity contribution >= 4 is 22.4 Å². The number of nitrogens with one attached hydrogen (secondary N) is 1. The minimum absolute atomic E-state index is 0.208. The monoisotopic (exact) mass is 386 g/mol. The number of benzene rings is 2. The molecule has 0 aliphatic rings. The lowest BCUT2D eigenvalue weighted by atomic mass is 10.1. The minimum atomic E-state index is -0.383. The van der Waals surface area contributed by atoms with Crippen LogP contribution in [-0.4, -0.2) is 20.7 Å². The maximum Gasteiger partial charge on any atom is 0.276 e. The molecule has 0 saturated carbocycles. The fourth-order valence-corrected chi connectivity index (χ4v) is 2.96. The summed E-state index contributed by atoms with van der Waals surface area (Å²) in [6.07, 6.45) is 3.30. The minimum Gasteiger partial charge on any atom is -0.457 e. The van der Waals surface area contributed by atoms with Crippen LogP contribution in [0.1, 0.15) is 17.4 Å². The van der Waals surface area contributed by atoms with Gasteiger partial charge in [-0.15, -0.1) is 0 Å². The summed E-state index contributed by atoms with van der Waals surface area (Å²) in [7, 11) is 0. The standard InChI is InChI=1S/C22H18N4O3/c1-2-26-22(28)19-6-4-3-5-18(19)20(25-26)21(27)24-15-7-9-16(10-8-15)29-17-11-13-23-14-12-17/h3-14H,2H2,1H3,(H,24,27). The first-order valence-electron chi connectivity index (χ1n) is 9.15. The van der Waals surface area contributed by atoms with E-state index in [1.165, 1.54) is 4.68 Å². The highest BCUT2D eigenvalue weighted by Gasteiger charge is 2.16. The zero-order valence-corrected chi connectivity index (χ0v) is 15.7. The van der Waals surface area contributed by atoms with Crippen molar-refractivity contribution in [3.05, 3.63) is 89.1 Å². The van der Waals surface area contributed by atoms with E-state index in [0.717, 1.165) is 0 Å². The summed E-state index contributed by atoms with van der Waals surface area (Å²) in [6.45, 7) is 2.19. The van der Waals surface area contributed by atoms with Crippen molar-refractivity contribution < 1.29 is 9.53 Å². The highest BCUT2D eigenvalue weighted by Crippen LogP contribution is 2.23. The second-order valence-electron chi connectivity index (χ2n) is 6.28. The summed E-state index contributed by atoms with van der Waals surface area (Å²) in [6, 6.07) is 17.5. The molecule has 0 unspecified atom stereocenters. The molecule has 144 valence electrons. The zero-order valence-electron chi connectivity index (χ0n) is 15.7. The summed E-state index contributed by atoms with van der Waals surface area (Å²) in [5, 5.41) is 8.07. The summed E-state index contributed by atoms with van der Waals surface area (Å²) in [5.74, 6) is 0.929. The zero-order chi connectivity index (χ0) is 20.2. The van der Waals surface area contributed by atoms with Gasteiger partial charge >= 0.3 is 0 Å². The van der Waals surface area contributed by atoms with Crippen LogP contribution >= 0.6 is 0 Å². The number of carbonyl (C=O) groups excluding carboxylic acids is 1. The van der Waals surface area contributed by atoms with Gasteiger partial charge in [-0.2, -0.15) is 5.10 Å². The molecule has 0 atom stereocenters. The lowest BCUT2D eigenvalue weighted by molar-refractivity contribution is 0.102. The molecule has 0 aliphatic heterocycles. The van der Waals surface area contributed by atoms with E-state index < -0.39 is 0 Å². The number of ether oxygens (including phenoxy) is 1. The van der Waals surface area contributed by atoms with Gasteiger partial charge in [-0.05, 0) is 49.4 Å². The van der Waals surface area contributed by atoms with E-state index in [4.69, 9.17) is 4.74 Å². The molecule has 0 aliphatic carbocycles. The Labute approximate surface area is 166 Å². The third-order valence-electron chi connectivity index (χ3n) is 4.38. The van der Waals surface area contributed by atoms with Gasteiger partial charge < -0.3 is 10.1 Å². The Morgan fingerprint density at radius 1 is 0.966 bits per heavy atom. The van der Waals surface area contributed by atoms with Crippen molar-refractivity contribution in [1.29, 1.82) is 0 Å². The Morgan fingerprint density at radius 3 is 2.31 bits per heavy atom. The molecule has 0 bridgehead atoms. The summed E-state index contributed by atoms with van der Waals surface area (Å²) in [5.41, 5.74) is 0.591. The maximum atomic E-state index is 12.9. The average molecular weight is 386 g/mol. The van der Waals surface area contributed by atoms with Gasteiger partial charge in [0, 0.05) is 30.0 Å². The van der Waals surface area contributed by atoms with Gasteiger partial charge in [-0.25, -0.2) is 4.68 Å². The molecule has 0 fully saturated rings. The van der Waals surface area contributed by atoms with E-state index in [1.54, 1.807) is 73.1 Å². The molecule has 29 heavy (non-hydrogen) atoms. The Bertz CT molecular complexity index is 1220. The Hall–Kier alpha value is -4.00. The number of aromatic nitrogens is 3. The molecule has 0 spiro atoms. The summed E-state index contributed by atoms with van der Waals surface area (Å²) >= 11 is 0. The number of hydrogen-bond donors (Lipinski definition) is 1. The van der Waals surface area contributed by atoms with Gasteiger partial charge in [0.2, 0.25) is 0 Å². The van der Waals surface area contributed by atoms with Crippen LogP contribution in [-0.2, 0) is 6.54 Å². The van der Waals surface area contributed by atoms with Gasteiger partial charge in [0.15, 0.2) is 5.69 Å². The number of nitrogens with zero attached hydrogens (tertiary/aromatic N) is 3. The number of pyridine rings is 1. The van der Waals surface area contributed by atoms with E-state index in [-0.39, 0.29) is 17.2 Å². The van der Waals surface area contributed by atoms with Crippen LogP contribution in [0.5, 0.6) is 11.5 Å². The van der Waals surface area contributed by atoms with E-state index in [1.807, 2.05) is 6.92 Å². The second-order valence-corrected chi connectivity index (χ2v) is 6.28. The number of rotatable bonds is 5. The van der Waals surface area contributed by atoms with Crippen molar-refractivity contribution in [2.45, 2.75) is 13.5 Å². The predicted molar refractivity (Wildman–Crippen MR) is 110 cm³/mol. The average Bonchev–Trinajstić information content (AvgIpc) is 2.76. The van der Waals surface area contributed by atoms with Gasteiger partial charge in [0.25, 0.3) is 11.5 Å². The normalized spacial score (nSPS) is 10.7. The summed E-state index contributed by atoms with van der Waals surface area (Å²) in [4.78, 5) is 29.2. The highest BCUT2D eigenvalue weighted by molar-refractivity contribution is 6.11. The fraction of sp³-hybridized carbons (Fsp3) is 0.0909. The SMILES string of the molecule is CCn1nc(C(=O)Nc2ccc(Oc3ccncc3)cc2)c2ccccc2c1=O. The summed E-state index contributed by atoms with van der Waals surface area (Å²) < 4.78 is 7.02. The van der Waals surface area contributed by atoms with Crippen LogP contribution in [0.2, 0.25) is 0 Å². The van der Waals surface area contributed by atoms with Crippen molar-refractivity contribution in [2.75, 3.05) is 5.32 Å². The lowest BCUT2D eigenvalue weighted by Crippen LogP contribution is -2.27. The van der Waals surface area contributed by atoms with Gasteiger partial charge in [0.05, 0.1) is 5.39 Å². The molecule has 2 heterocycles. The number of amides is 1. The predicted octanol–water partition coefficient (Wildman–Crippen LogP) is 3.86. The molecule has 7 heteroatoms. The first-order valence-corrected chi connectivity index (χ1v) is 9.15. The van der Waals surface area contributed by atoms with Gasteiger partial charge in [0.1, 0.15) is 11.5 Å². The number of aryl methyl sites for hydroxylation is 1. The van der Waals surface area contributed by atoms with E-state index in [9.17, 15) is 9.59 Å². The smallest absolute Gasteiger partial charge is 0.276 e. The van der Waals surface area contributed by atoms with Crippen LogP contribution in [0.15, 0.2) is 77.9 Å². The molecule has 0 radical (unpaired) electrons. The maximum absolute atomic E-state index is 12.9. The van der Waals surface area contributed by atoms with Crippen LogP contribution in [0.25, 0.3) is 10.8 Å². The molecule has 4 rings (SSSR count). The Balaban J connectivity index is 1.58. The first-order chi connectivity index (χ1) is 14.2. The number of fused-ring (bicyclic) bond motifs is 1. The van der Waals surface area contributed by atoms with E-state index >= 15 is 0 Å².